The van der Waals surface area contributed by atoms with Crippen LogP contribution in [0.4, 0.5) is 5.69 Å². The molecule has 3 aromatic rings. The molecule has 1 aliphatic heterocycles. The highest BCUT2D eigenvalue weighted by molar-refractivity contribution is 7.92. The Morgan fingerprint density at radius 3 is 1.94 bits per heavy atom. The van der Waals surface area contributed by atoms with E-state index in [4.69, 9.17) is 0 Å². The average Bonchev–Trinajstić information content (AvgIpc) is 3.16. The van der Waals surface area contributed by atoms with Gasteiger partial charge in [0.25, 0.3) is 0 Å². The summed E-state index contributed by atoms with van der Waals surface area (Å²) in [6, 6.07) is 24.8. The number of sulfone groups is 1. The highest BCUT2D eigenvalue weighted by Gasteiger charge is 2.31. The second-order valence-electron chi connectivity index (χ2n) is 8.37. The summed E-state index contributed by atoms with van der Waals surface area (Å²) in [5, 5.41) is 2.84. The third-order valence-electron chi connectivity index (χ3n) is 5.80. The molecule has 0 unspecified atom stereocenters. The van der Waals surface area contributed by atoms with Crippen LogP contribution in [-0.4, -0.2) is 40.3 Å². The maximum absolute atomic E-state index is 12.8. The molecular weight excluding hydrogens is 472 g/mol. The van der Waals surface area contributed by atoms with Gasteiger partial charge in [-0.05, 0) is 41.8 Å². The van der Waals surface area contributed by atoms with Crippen LogP contribution in [0.1, 0.15) is 29.9 Å². The Labute approximate surface area is 200 Å². The second kappa shape index (κ2) is 10.1. The lowest BCUT2D eigenvalue weighted by Gasteiger charge is -2.18. The number of rotatable bonds is 8. The van der Waals surface area contributed by atoms with Crippen molar-refractivity contribution in [2.24, 2.45) is 0 Å². The fourth-order valence-corrected chi connectivity index (χ4v) is 7.14. The number of benzene rings is 3. The van der Waals surface area contributed by atoms with Crippen LogP contribution in [-0.2, 0) is 24.7 Å². The van der Waals surface area contributed by atoms with Crippen molar-refractivity contribution >= 4 is 31.5 Å². The Kier molecular flexibility index (Phi) is 7.16. The molecule has 1 saturated heterocycles. The first-order chi connectivity index (χ1) is 16.2. The van der Waals surface area contributed by atoms with E-state index >= 15 is 0 Å². The second-order valence-corrected chi connectivity index (χ2v) is 12.3. The molecule has 1 amide bonds. The van der Waals surface area contributed by atoms with Gasteiger partial charge in [0.05, 0.1) is 16.4 Å². The van der Waals surface area contributed by atoms with Gasteiger partial charge in [-0.2, -0.15) is 0 Å². The van der Waals surface area contributed by atoms with Crippen LogP contribution in [0.15, 0.2) is 89.8 Å². The highest BCUT2D eigenvalue weighted by Crippen LogP contribution is 2.28. The van der Waals surface area contributed by atoms with E-state index in [2.05, 4.69) is 10.0 Å². The molecule has 0 spiro atoms. The Hall–Kier alpha value is -3.01. The van der Waals surface area contributed by atoms with Gasteiger partial charge in [-0.1, -0.05) is 60.7 Å². The van der Waals surface area contributed by atoms with Crippen LogP contribution >= 0.6 is 0 Å². The molecule has 7 nitrogen and oxygen atoms in total. The van der Waals surface area contributed by atoms with Crippen LogP contribution in [0.5, 0.6) is 0 Å². The van der Waals surface area contributed by atoms with E-state index in [1.807, 2.05) is 60.7 Å². The van der Waals surface area contributed by atoms with Crippen molar-refractivity contribution < 1.29 is 21.6 Å². The molecule has 0 radical (unpaired) electrons. The Bertz CT molecular complexity index is 1300. The molecule has 0 saturated carbocycles. The highest BCUT2D eigenvalue weighted by atomic mass is 32.2. The van der Waals surface area contributed by atoms with E-state index < -0.39 is 25.9 Å². The minimum Gasteiger partial charge on any atom is -0.326 e. The number of hydrogen-bond donors (Lipinski definition) is 2. The summed E-state index contributed by atoms with van der Waals surface area (Å²) < 4.78 is 50.8. The lowest BCUT2D eigenvalue weighted by molar-refractivity contribution is -0.116. The van der Waals surface area contributed by atoms with Crippen molar-refractivity contribution in [3.63, 3.8) is 0 Å². The first-order valence-corrected chi connectivity index (χ1v) is 14.2. The molecule has 1 aliphatic rings. The molecule has 1 fully saturated rings. The maximum atomic E-state index is 12.8. The Balaban J connectivity index is 1.43. The van der Waals surface area contributed by atoms with E-state index in [-0.39, 0.29) is 41.1 Å². The maximum Gasteiger partial charge on any atom is 0.240 e. The topological polar surface area (TPSA) is 109 Å². The van der Waals surface area contributed by atoms with Gasteiger partial charge < -0.3 is 5.32 Å². The molecule has 2 N–H and O–H groups in total. The number of carbonyl (C=O) groups is 1. The van der Waals surface area contributed by atoms with Crippen LogP contribution in [0.3, 0.4) is 0 Å². The van der Waals surface area contributed by atoms with Crippen LogP contribution in [0.25, 0.3) is 0 Å². The Morgan fingerprint density at radius 1 is 0.882 bits per heavy atom. The lowest BCUT2D eigenvalue weighted by atomic mass is 9.88. The van der Waals surface area contributed by atoms with E-state index in [9.17, 15) is 21.6 Å². The van der Waals surface area contributed by atoms with Gasteiger partial charge in [-0.25, -0.2) is 21.6 Å². The summed E-state index contributed by atoms with van der Waals surface area (Å²) in [7, 11) is -7.05. The largest absolute Gasteiger partial charge is 0.326 e. The van der Waals surface area contributed by atoms with Crippen molar-refractivity contribution in [2.45, 2.75) is 29.7 Å². The minimum absolute atomic E-state index is 0.0150. The van der Waals surface area contributed by atoms with Crippen molar-refractivity contribution in [3.05, 3.63) is 96.1 Å². The number of hydrogen-bond acceptors (Lipinski definition) is 5. The monoisotopic (exact) mass is 498 g/mol. The molecule has 0 aliphatic carbocycles. The van der Waals surface area contributed by atoms with Gasteiger partial charge in [0.2, 0.25) is 15.9 Å². The molecule has 9 heteroatoms. The fraction of sp³-hybridized carbons (Fsp3) is 0.240. The quantitative estimate of drug-likeness (QED) is 0.495. The zero-order valence-electron chi connectivity index (χ0n) is 18.4. The van der Waals surface area contributed by atoms with E-state index in [0.717, 1.165) is 11.1 Å². The van der Waals surface area contributed by atoms with E-state index in [0.29, 0.717) is 5.69 Å². The lowest BCUT2D eigenvalue weighted by Crippen LogP contribution is -2.35. The number of carbonyl (C=O) groups excluding carboxylic acids is 1. The molecule has 1 atom stereocenters. The predicted octanol–water partition coefficient (Wildman–Crippen LogP) is 3.31. The summed E-state index contributed by atoms with van der Waals surface area (Å²) in [6.07, 6.45) is 0.492. The van der Waals surface area contributed by atoms with Gasteiger partial charge in [-0.3, -0.25) is 4.79 Å². The van der Waals surface area contributed by atoms with Gasteiger partial charge >= 0.3 is 0 Å². The van der Waals surface area contributed by atoms with Crippen molar-refractivity contribution in [3.8, 4) is 0 Å². The zero-order valence-corrected chi connectivity index (χ0v) is 20.1. The third-order valence-corrected chi connectivity index (χ3v) is 9.10. The molecule has 34 heavy (non-hydrogen) atoms. The normalized spacial score (nSPS) is 17.5. The minimum atomic E-state index is -3.86. The van der Waals surface area contributed by atoms with Crippen LogP contribution in [0, 0.1) is 0 Å². The SMILES string of the molecule is O=C(CC(c1ccccc1)c1ccccc1)Nc1ccc(S(=O)(=O)N[C@H]2CCS(=O)(=O)C2)cc1. The van der Waals surface area contributed by atoms with Gasteiger partial charge in [0.1, 0.15) is 0 Å². The van der Waals surface area contributed by atoms with Crippen LogP contribution < -0.4 is 10.0 Å². The molecule has 0 bridgehead atoms. The van der Waals surface area contributed by atoms with Crippen molar-refractivity contribution in [1.29, 1.82) is 0 Å². The van der Waals surface area contributed by atoms with E-state index in [1.54, 1.807) is 0 Å². The average molecular weight is 499 g/mol. The molecule has 1 heterocycles. The first-order valence-electron chi connectivity index (χ1n) is 10.9. The summed E-state index contributed by atoms with van der Waals surface area (Å²) >= 11 is 0. The molecule has 4 rings (SSSR count). The number of amides is 1. The van der Waals surface area contributed by atoms with Crippen molar-refractivity contribution in [1.82, 2.24) is 4.72 Å². The summed E-state index contributed by atoms with van der Waals surface area (Å²) in [4.78, 5) is 12.9. The molecule has 178 valence electrons. The van der Waals surface area contributed by atoms with Crippen LogP contribution in [0.2, 0.25) is 0 Å². The number of anilines is 1. The fourth-order valence-electron chi connectivity index (χ4n) is 4.09. The van der Waals surface area contributed by atoms with Crippen molar-refractivity contribution in [2.75, 3.05) is 16.8 Å². The predicted molar refractivity (Wildman–Crippen MR) is 132 cm³/mol. The number of sulfonamides is 1. The van der Waals surface area contributed by atoms with Gasteiger partial charge in [0, 0.05) is 24.1 Å². The standard InChI is InChI=1S/C25H26N2O5S2/c28-25(17-24(19-7-3-1-4-8-19)20-9-5-2-6-10-20)26-21-11-13-23(14-12-21)34(31,32)27-22-15-16-33(29,30)18-22/h1-14,22,24,27H,15-18H2,(H,26,28)/t22-/m0/s1. The first kappa shape index (κ1) is 24.1. The van der Waals surface area contributed by atoms with Gasteiger partial charge in [-0.15, -0.1) is 0 Å². The zero-order chi connectivity index (χ0) is 24.2. The molecular formula is C25H26N2O5S2. The number of nitrogens with one attached hydrogen (secondary N) is 2. The smallest absolute Gasteiger partial charge is 0.240 e. The third kappa shape index (κ3) is 6.11. The summed E-state index contributed by atoms with van der Waals surface area (Å²) in [6.45, 7) is 0. The Morgan fingerprint density at radius 2 is 1.44 bits per heavy atom. The molecule has 0 aromatic heterocycles. The summed E-state index contributed by atoms with van der Waals surface area (Å²) in [5.41, 5.74) is 2.54. The van der Waals surface area contributed by atoms with E-state index in [1.165, 1.54) is 24.3 Å². The summed E-state index contributed by atoms with van der Waals surface area (Å²) in [5.74, 6) is -0.515. The molecule has 3 aromatic carbocycles. The van der Waals surface area contributed by atoms with Gasteiger partial charge in [0.15, 0.2) is 9.84 Å².